The summed E-state index contributed by atoms with van der Waals surface area (Å²) in [5.41, 5.74) is 0. The van der Waals surface area contributed by atoms with Gasteiger partial charge >= 0.3 is 0 Å². The average molecular weight is 337 g/mol. The number of likely N-dealkylation sites (N-methyl/N-ethyl adjacent to an activating group) is 1. The third kappa shape index (κ3) is 17.8. The highest BCUT2D eigenvalue weighted by molar-refractivity contribution is 4.81. The van der Waals surface area contributed by atoms with Crippen LogP contribution in [0.1, 0.15) is 96.8 Å². The highest BCUT2D eigenvalue weighted by Crippen LogP contribution is 2.11. The van der Waals surface area contributed by atoms with Gasteiger partial charge in [-0.15, -0.1) is 0 Å². The zero-order chi connectivity index (χ0) is 17.9. The van der Waals surface area contributed by atoms with Crippen molar-refractivity contribution in [3.05, 3.63) is 24.8 Å². The van der Waals surface area contributed by atoms with Crippen LogP contribution in [0, 0.1) is 0 Å². The summed E-state index contributed by atoms with van der Waals surface area (Å²) >= 11 is 0. The predicted molar refractivity (Wildman–Crippen MR) is 111 cm³/mol. The van der Waals surface area contributed by atoms with E-state index >= 15 is 0 Å². The van der Waals surface area contributed by atoms with Crippen LogP contribution in [-0.4, -0.2) is 31.7 Å². The summed E-state index contributed by atoms with van der Waals surface area (Å²) in [4.78, 5) is 0. The molecule has 0 aromatic heterocycles. The molecule has 0 rings (SSSR count). The Morgan fingerprint density at radius 1 is 0.667 bits per heavy atom. The van der Waals surface area contributed by atoms with E-state index in [1.54, 1.807) is 0 Å². The van der Waals surface area contributed by atoms with Crippen molar-refractivity contribution >= 4 is 0 Å². The molecule has 24 heavy (non-hydrogen) atoms. The van der Waals surface area contributed by atoms with Crippen molar-refractivity contribution in [1.82, 2.24) is 0 Å². The molecule has 1 nitrogen and oxygen atoms in total. The maximum Gasteiger partial charge on any atom is 0.0966 e. The van der Waals surface area contributed by atoms with Crippen molar-refractivity contribution in [3.63, 3.8) is 0 Å². The number of quaternary nitrogens is 1. The second-order valence-corrected chi connectivity index (χ2v) is 8.07. The first kappa shape index (κ1) is 23.4. The molecule has 0 radical (unpaired) electrons. The fraction of sp³-hybridized carbons (Fsp3) is 0.826. The Hall–Kier alpha value is -0.560. The molecule has 142 valence electrons. The van der Waals surface area contributed by atoms with Gasteiger partial charge in [0.1, 0.15) is 0 Å². The van der Waals surface area contributed by atoms with Gasteiger partial charge < -0.3 is 4.48 Å². The third-order valence-corrected chi connectivity index (χ3v) is 4.90. The van der Waals surface area contributed by atoms with Gasteiger partial charge in [-0.05, 0) is 44.6 Å². The standard InChI is InChI=1S/C23H46N/c1-5-7-8-9-10-11-12-13-14-15-16-17-18-19-20-21-23-24(3,4)22-6-2/h6,13-14H,2,5,7-12,15-23H2,1,3-4H3/q+1/b14-13-. The van der Waals surface area contributed by atoms with Crippen LogP contribution in [0.25, 0.3) is 0 Å². The van der Waals surface area contributed by atoms with Crippen LogP contribution in [-0.2, 0) is 0 Å². The second-order valence-electron chi connectivity index (χ2n) is 8.07. The van der Waals surface area contributed by atoms with Crippen LogP contribution >= 0.6 is 0 Å². The normalized spacial score (nSPS) is 12.1. The van der Waals surface area contributed by atoms with Gasteiger partial charge in [0.25, 0.3) is 0 Å². The molecular weight excluding hydrogens is 290 g/mol. The molecule has 1 heteroatoms. The summed E-state index contributed by atoms with van der Waals surface area (Å²) < 4.78 is 1.09. The van der Waals surface area contributed by atoms with E-state index in [1.807, 2.05) is 6.08 Å². The zero-order valence-electron chi connectivity index (χ0n) is 17.2. The van der Waals surface area contributed by atoms with Gasteiger partial charge in [0.05, 0.1) is 27.2 Å². The predicted octanol–water partition coefficient (Wildman–Crippen LogP) is 7.29. The monoisotopic (exact) mass is 336 g/mol. The maximum absolute atomic E-state index is 3.85. The molecule has 0 bridgehead atoms. The average Bonchev–Trinajstić information content (AvgIpc) is 2.54. The van der Waals surface area contributed by atoms with Crippen molar-refractivity contribution in [2.45, 2.75) is 96.8 Å². The van der Waals surface area contributed by atoms with E-state index < -0.39 is 0 Å². The van der Waals surface area contributed by atoms with E-state index in [-0.39, 0.29) is 0 Å². The molecule has 0 atom stereocenters. The minimum Gasteiger partial charge on any atom is -0.325 e. The third-order valence-electron chi connectivity index (χ3n) is 4.90. The Kier molecular flexibility index (Phi) is 16.9. The molecule has 0 aliphatic rings. The number of allylic oxidation sites excluding steroid dienone is 2. The Morgan fingerprint density at radius 2 is 1.12 bits per heavy atom. The van der Waals surface area contributed by atoms with Crippen molar-refractivity contribution in [1.29, 1.82) is 0 Å². The number of hydrogen-bond donors (Lipinski definition) is 0. The number of nitrogens with zero attached hydrogens (tertiary/aromatic N) is 1. The van der Waals surface area contributed by atoms with Gasteiger partial charge in [0.15, 0.2) is 0 Å². The molecule has 0 saturated carbocycles. The first-order valence-corrected chi connectivity index (χ1v) is 10.7. The number of rotatable bonds is 18. The summed E-state index contributed by atoms with van der Waals surface area (Å²) in [6.07, 6.45) is 26.3. The smallest absolute Gasteiger partial charge is 0.0966 e. The van der Waals surface area contributed by atoms with E-state index in [9.17, 15) is 0 Å². The molecule has 0 aliphatic carbocycles. The molecule has 0 aliphatic heterocycles. The molecule has 0 fully saturated rings. The van der Waals surface area contributed by atoms with Gasteiger partial charge in [-0.3, -0.25) is 0 Å². The van der Waals surface area contributed by atoms with Gasteiger partial charge in [-0.25, -0.2) is 0 Å². The molecule has 0 aromatic rings. The fourth-order valence-corrected chi connectivity index (χ4v) is 3.23. The van der Waals surface area contributed by atoms with Gasteiger partial charge in [0.2, 0.25) is 0 Å². The number of hydrogen-bond acceptors (Lipinski definition) is 0. The van der Waals surface area contributed by atoms with E-state index in [4.69, 9.17) is 0 Å². The molecule has 0 aromatic carbocycles. The lowest BCUT2D eigenvalue weighted by atomic mass is 10.1. The molecule has 0 N–H and O–H groups in total. The van der Waals surface area contributed by atoms with Crippen molar-refractivity contribution in [3.8, 4) is 0 Å². The van der Waals surface area contributed by atoms with Gasteiger partial charge in [0, 0.05) is 0 Å². The quantitative estimate of drug-likeness (QED) is 0.140. The first-order valence-electron chi connectivity index (χ1n) is 10.7. The molecule has 0 heterocycles. The summed E-state index contributed by atoms with van der Waals surface area (Å²) in [5.74, 6) is 0. The zero-order valence-corrected chi connectivity index (χ0v) is 17.2. The minimum atomic E-state index is 1.09. The molecule has 0 unspecified atom stereocenters. The molecule has 0 spiro atoms. The topological polar surface area (TPSA) is 0 Å². The van der Waals surface area contributed by atoms with Crippen molar-refractivity contribution in [2.24, 2.45) is 0 Å². The lowest BCUT2D eigenvalue weighted by molar-refractivity contribution is -0.884. The Labute approximate surface area is 153 Å². The van der Waals surface area contributed by atoms with Crippen LogP contribution in [0.4, 0.5) is 0 Å². The Morgan fingerprint density at radius 3 is 1.62 bits per heavy atom. The molecule has 0 saturated heterocycles. The fourth-order valence-electron chi connectivity index (χ4n) is 3.23. The highest BCUT2D eigenvalue weighted by Gasteiger charge is 2.10. The summed E-state index contributed by atoms with van der Waals surface area (Å²) in [5, 5.41) is 0. The second kappa shape index (κ2) is 17.3. The summed E-state index contributed by atoms with van der Waals surface area (Å²) in [7, 11) is 4.61. The molecule has 0 amide bonds. The lowest BCUT2D eigenvalue weighted by Gasteiger charge is -2.28. The SMILES string of the molecule is C=CC[N+](C)(C)CCCCCCCC/C=C\CCCCCCCC. The van der Waals surface area contributed by atoms with E-state index in [2.05, 4.69) is 39.8 Å². The Bertz CT molecular complexity index is 290. The Balaban J connectivity index is 3.22. The summed E-state index contributed by atoms with van der Waals surface area (Å²) in [6, 6.07) is 0. The van der Waals surface area contributed by atoms with Crippen LogP contribution in [0.15, 0.2) is 24.8 Å². The van der Waals surface area contributed by atoms with Gasteiger partial charge in [-0.2, -0.15) is 0 Å². The maximum atomic E-state index is 3.85. The number of unbranched alkanes of at least 4 members (excludes halogenated alkanes) is 12. The van der Waals surface area contributed by atoms with E-state index in [0.717, 1.165) is 11.0 Å². The van der Waals surface area contributed by atoms with Crippen molar-refractivity contribution in [2.75, 3.05) is 27.2 Å². The first-order chi connectivity index (χ1) is 11.6. The van der Waals surface area contributed by atoms with Gasteiger partial charge in [-0.1, -0.05) is 77.0 Å². The van der Waals surface area contributed by atoms with E-state index in [0.29, 0.717) is 0 Å². The van der Waals surface area contributed by atoms with Crippen molar-refractivity contribution < 1.29 is 4.48 Å². The van der Waals surface area contributed by atoms with Crippen LogP contribution in [0.5, 0.6) is 0 Å². The lowest BCUT2D eigenvalue weighted by Crippen LogP contribution is -2.40. The van der Waals surface area contributed by atoms with Crippen LogP contribution in [0.3, 0.4) is 0 Å². The van der Waals surface area contributed by atoms with Crippen LogP contribution < -0.4 is 0 Å². The van der Waals surface area contributed by atoms with E-state index in [1.165, 1.54) is 96.4 Å². The van der Waals surface area contributed by atoms with Crippen LogP contribution in [0.2, 0.25) is 0 Å². The summed E-state index contributed by atoms with van der Waals surface area (Å²) in [6.45, 7) is 8.51. The molecular formula is C23H46N+. The minimum absolute atomic E-state index is 1.09. The largest absolute Gasteiger partial charge is 0.325 e. The highest BCUT2D eigenvalue weighted by atomic mass is 15.3.